The van der Waals surface area contributed by atoms with Crippen molar-refractivity contribution in [3.05, 3.63) is 94.0 Å². The number of nitrogens with one attached hydrogen (secondary N) is 2. The second kappa shape index (κ2) is 10.0. The lowest BCUT2D eigenvalue weighted by Gasteiger charge is -2.16. The van der Waals surface area contributed by atoms with Crippen molar-refractivity contribution in [2.75, 3.05) is 4.72 Å². The first-order valence-corrected chi connectivity index (χ1v) is 11.6. The van der Waals surface area contributed by atoms with Crippen LogP contribution in [0, 0.1) is 0 Å². The van der Waals surface area contributed by atoms with E-state index in [1.165, 1.54) is 30.3 Å². The number of primary amides is 1. The molecule has 2 amide bonds. The van der Waals surface area contributed by atoms with E-state index >= 15 is 0 Å². The SMILES string of the molecule is NC(=O)C(NC(=O)Cc1ccc(NS(=O)(=O)c2ccc(Cl)c(Cl)c2)cc1)c1ccccc1. The quantitative estimate of drug-likeness (QED) is 0.445. The van der Waals surface area contributed by atoms with Crippen LogP contribution < -0.4 is 15.8 Å². The zero-order chi connectivity index (χ0) is 23.3. The van der Waals surface area contributed by atoms with Gasteiger partial charge in [-0.3, -0.25) is 14.3 Å². The molecule has 0 aliphatic heterocycles. The molecule has 4 N–H and O–H groups in total. The number of benzene rings is 3. The summed E-state index contributed by atoms with van der Waals surface area (Å²) in [6.07, 6.45) is -0.0174. The van der Waals surface area contributed by atoms with Gasteiger partial charge in [0.1, 0.15) is 6.04 Å². The van der Waals surface area contributed by atoms with Crippen molar-refractivity contribution in [1.82, 2.24) is 5.32 Å². The fraction of sp³-hybridized carbons (Fsp3) is 0.0909. The first-order valence-electron chi connectivity index (χ1n) is 9.36. The fourth-order valence-electron chi connectivity index (χ4n) is 2.91. The van der Waals surface area contributed by atoms with Crippen LogP contribution in [0.3, 0.4) is 0 Å². The Morgan fingerprint density at radius 1 is 0.906 bits per heavy atom. The van der Waals surface area contributed by atoms with Crippen molar-refractivity contribution in [3.63, 3.8) is 0 Å². The number of carbonyl (C=O) groups is 2. The third-order valence-corrected chi connectivity index (χ3v) is 6.61. The summed E-state index contributed by atoms with van der Waals surface area (Å²) in [6.45, 7) is 0. The molecule has 0 heterocycles. The predicted molar refractivity (Wildman–Crippen MR) is 124 cm³/mol. The van der Waals surface area contributed by atoms with Crippen LogP contribution in [0.25, 0.3) is 0 Å². The highest BCUT2D eigenvalue weighted by Crippen LogP contribution is 2.26. The summed E-state index contributed by atoms with van der Waals surface area (Å²) in [4.78, 5) is 24.1. The van der Waals surface area contributed by atoms with Gasteiger partial charge >= 0.3 is 0 Å². The minimum absolute atomic E-state index is 0.0174. The monoisotopic (exact) mass is 491 g/mol. The van der Waals surface area contributed by atoms with Crippen LogP contribution in [0.15, 0.2) is 77.7 Å². The molecule has 10 heteroatoms. The largest absolute Gasteiger partial charge is 0.368 e. The van der Waals surface area contributed by atoms with Crippen molar-refractivity contribution in [2.24, 2.45) is 5.73 Å². The predicted octanol–water partition coefficient (Wildman–Crippen LogP) is 3.68. The molecule has 3 aromatic carbocycles. The van der Waals surface area contributed by atoms with Crippen LogP contribution in [0.2, 0.25) is 10.0 Å². The molecule has 0 aromatic heterocycles. The van der Waals surface area contributed by atoms with Gasteiger partial charge in [-0.1, -0.05) is 65.7 Å². The van der Waals surface area contributed by atoms with Crippen LogP contribution in [-0.2, 0) is 26.0 Å². The number of nitrogens with two attached hydrogens (primary N) is 1. The van der Waals surface area contributed by atoms with Gasteiger partial charge in [0.05, 0.1) is 21.4 Å². The third-order valence-electron chi connectivity index (χ3n) is 4.49. The molecule has 1 atom stereocenters. The topological polar surface area (TPSA) is 118 Å². The van der Waals surface area contributed by atoms with Gasteiger partial charge in [0.25, 0.3) is 10.0 Å². The Labute approximate surface area is 195 Å². The van der Waals surface area contributed by atoms with Gasteiger partial charge in [0, 0.05) is 5.69 Å². The molecule has 166 valence electrons. The van der Waals surface area contributed by atoms with E-state index in [9.17, 15) is 18.0 Å². The number of hydrogen-bond donors (Lipinski definition) is 3. The lowest BCUT2D eigenvalue weighted by molar-refractivity contribution is -0.127. The number of hydrogen-bond acceptors (Lipinski definition) is 4. The van der Waals surface area contributed by atoms with Crippen molar-refractivity contribution in [1.29, 1.82) is 0 Å². The number of sulfonamides is 1. The lowest BCUT2D eigenvalue weighted by Crippen LogP contribution is -2.38. The Bertz CT molecular complexity index is 1230. The van der Waals surface area contributed by atoms with Crippen molar-refractivity contribution in [3.8, 4) is 0 Å². The Morgan fingerprint density at radius 3 is 2.16 bits per heavy atom. The molecule has 3 rings (SSSR count). The summed E-state index contributed by atoms with van der Waals surface area (Å²) in [5.74, 6) is -1.07. The highest BCUT2D eigenvalue weighted by atomic mass is 35.5. The number of amides is 2. The molecule has 3 aromatic rings. The third kappa shape index (κ3) is 6.00. The van der Waals surface area contributed by atoms with Gasteiger partial charge in [-0.2, -0.15) is 0 Å². The molecule has 0 saturated carbocycles. The number of halogens is 2. The zero-order valence-electron chi connectivity index (χ0n) is 16.6. The summed E-state index contributed by atoms with van der Waals surface area (Å²) in [7, 11) is -3.87. The maximum atomic E-state index is 12.5. The van der Waals surface area contributed by atoms with Crippen LogP contribution in [0.1, 0.15) is 17.2 Å². The van der Waals surface area contributed by atoms with Gasteiger partial charge < -0.3 is 11.1 Å². The highest BCUT2D eigenvalue weighted by molar-refractivity contribution is 7.92. The van der Waals surface area contributed by atoms with Gasteiger partial charge in [-0.05, 0) is 41.5 Å². The summed E-state index contributed by atoms with van der Waals surface area (Å²) >= 11 is 11.7. The van der Waals surface area contributed by atoms with E-state index < -0.39 is 27.9 Å². The van der Waals surface area contributed by atoms with Crippen LogP contribution in [0.4, 0.5) is 5.69 Å². The normalized spacial score (nSPS) is 12.1. The Morgan fingerprint density at radius 2 is 1.56 bits per heavy atom. The molecular formula is C22H19Cl2N3O4S. The molecule has 7 nitrogen and oxygen atoms in total. The van der Waals surface area contributed by atoms with Gasteiger partial charge in [-0.15, -0.1) is 0 Å². The van der Waals surface area contributed by atoms with Crippen LogP contribution in [-0.4, -0.2) is 20.2 Å². The van der Waals surface area contributed by atoms with Gasteiger partial charge in [-0.25, -0.2) is 8.42 Å². The van der Waals surface area contributed by atoms with Crippen molar-refractivity contribution >= 4 is 50.7 Å². The minimum Gasteiger partial charge on any atom is -0.368 e. The molecule has 0 spiro atoms. The number of rotatable bonds is 8. The van der Waals surface area contributed by atoms with Crippen molar-refractivity contribution in [2.45, 2.75) is 17.4 Å². The fourth-order valence-corrected chi connectivity index (χ4v) is 4.36. The van der Waals surface area contributed by atoms with E-state index in [4.69, 9.17) is 28.9 Å². The molecule has 0 aliphatic rings. The summed E-state index contributed by atoms with van der Waals surface area (Å²) in [5, 5.41) is 2.99. The first-order chi connectivity index (χ1) is 15.2. The van der Waals surface area contributed by atoms with Gasteiger partial charge in [0.2, 0.25) is 11.8 Å². The zero-order valence-corrected chi connectivity index (χ0v) is 18.9. The van der Waals surface area contributed by atoms with E-state index in [-0.39, 0.29) is 21.4 Å². The summed E-state index contributed by atoms with van der Waals surface area (Å²) < 4.78 is 27.5. The molecule has 0 aliphatic carbocycles. The van der Waals surface area contributed by atoms with E-state index in [0.717, 1.165) is 0 Å². The van der Waals surface area contributed by atoms with E-state index in [2.05, 4.69) is 10.0 Å². The molecular weight excluding hydrogens is 473 g/mol. The second-order valence-corrected chi connectivity index (χ2v) is 9.37. The van der Waals surface area contributed by atoms with Crippen LogP contribution >= 0.6 is 23.2 Å². The average molecular weight is 492 g/mol. The Hall–Kier alpha value is -3.07. The average Bonchev–Trinajstić information content (AvgIpc) is 2.75. The Balaban J connectivity index is 1.65. The number of anilines is 1. The number of carbonyl (C=O) groups excluding carboxylic acids is 2. The summed E-state index contributed by atoms with van der Waals surface area (Å²) in [6, 6.07) is 18.0. The molecule has 0 fully saturated rings. The van der Waals surface area contributed by atoms with Crippen LogP contribution in [0.5, 0.6) is 0 Å². The molecule has 0 bridgehead atoms. The molecule has 0 saturated heterocycles. The molecule has 32 heavy (non-hydrogen) atoms. The van der Waals surface area contributed by atoms with E-state index in [0.29, 0.717) is 16.8 Å². The molecule has 0 radical (unpaired) electrons. The maximum absolute atomic E-state index is 12.5. The van der Waals surface area contributed by atoms with E-state index in [1.807, 2.05) is 0 Å². The summed E-state index contributed by atoms with van der Waals surface area (Å²) in [5.41, 5.74) is 6.93. The first kappa shape index (κ1) is 23.6. The Kier molecular flexibility index (Phi) is 7.40. The maximum Gasteiger partial charge on any atom is 0.261 e. The van der Waals surface area contributed by atoms with Gasteiger partial charge in [0.15, 0.2) is 0 Å². The van der Waals surface area contributed by atoms with E-state index in [1.54, 1.807) is 42.5 Å². The smallest absolute Gasteiger partial charge is 0.261 e. The minimum atomic E-state index is -3.87. The lowest BCUT2D eigenvalue weighted by atomic mass is 10.1. The molecule has 1 unspecified atom stereocenters. The highest BCUT2D eigenvalue weighted by Gasteiger charge is 2.20. The van der Waals surface area contributed by atoms with Crippen molar-refractivity contribution < 1.29 is 18.0 Å². The standard InChI is InChI=1S/C22H19Cl2N3O4S/c23-18-11-10-17(13-19(18)24)32(30,31)27-16-8-6-14(7-9-16)12-20(28)26-21(22(25)29)15-4-2-1-3-5-15/h1-11,13,21,27H,12H2,(H2,25,29)(H,26,28). The second-order valence-electron chi connectivity index (χ2n) is 6.87.